The minimum atomic E-state index is 0.274. The van der Waals surface area contributed by atoms with Gasteiger partial charge >= 0.3 is 0 Å². The maximum atomic E-state index is 11.7. The molecule has 0 aromatic carbocycles. The van der Waals surface area contributed by atoms with Crippen LogP contribution in [0.1, 0.15) is 44.9 Å². The van der Waals surface area contributed by atoms with Gasteiger partial charge < -0.3 is 10.6 Å². The van der Waals surface area contributed by atoms with Crippen LogP contribution in [0.2, 0.25) is 0 Å². The van der Waals surface area contributed by atoms with Gasteiger partial charge in [0.05, 0.1) is 0 Å². The fourth-order valence-corrected chi connectivity index (χ4v) is 2.72. The van der Waals surface area contributed by atoms with Crippen molar-refractivity contribution in [2.24, 2.45) is 5.92 Å². The van der Waals surface area contributed by atoms with Crippen molar-refractivity contribution in [1.29, 1.82) is 0 Å². The molecule has 0 spiro atoms. The molecule has 2 N–H and O–H groups in total. The van der Waals surface area contributed by atoms with Crippen molar-refractivity contribution in [2.45, 2.75) is 51.0 Å². The second-order valence-corrected chi connectivity index (χ2v) is 4.97. The van der Waals surface area contributed by atoms with Gasteiger partial charge in [-0.2, -0.15) is 0 Å². The van der Waals surface area contributed by atoms with E-state index in [-0.39, 0.29) is 5.91 Å². The molecular formula is C12H22N2O. The number of carbonyl (C=O) groups excluding carboxylic acids is 1. The zero-order valence-corrected chi connectivity index (χ0v) is 9.43. The molecule has 3 nitrogen and oxygen atoms in total. The fraction of sp³-hybridized carbons (Fsp3) is 0.917. The Morgan fingerprint density at radius 1 is 1.20 bits per heavy atom. The lowest BCUT2D eigenvalue weighted by Gasteiger charge is -2.21. The quantitative estimate of drug-likeness (QED) is 0.740. The van der Waals surface area contributed by atoms with Crippen LogP contribution in [0.4, 0.5) is 0 Å². The van der Waals surface area contributed by atoms with Crippen LogP contribution in [0.3, 0.4) is 0 Å². The molecule has 0 aromatic rings. The average molecular weight is 210 g/mol. The fourth-order valence-electron chi connectivity index (χ4n) is 2.72. The number of nitrogens with one attached hydrogen (secondary N) is 2. The van der Waals surface area contributed by atoms with Crippen molar-refractivity contribution in [3.63, 3.8) is 0 Å². The van der Waals surface area contributed by atoms with Gasteiger partial charge in [0.25, 0.3) is 0 Å². The second-order valence-electron chi connectivity index (χ2n) is 4.97. The van der Waals surface area contributed by atoms with Crippen molar-refractivity contribution in [3.8, 4) is 0 Å². The normalized spacial score (nSPS) is 27.9. The Labute approximate surface area is 92.0 Å². The standard InChI is InChI=1S/C12H22N2O/c15-12(14-11-6-7-13-9-11)8-10-4-2-1-3-5-10/h10-11,13H,1-9H2,(H,14,15)/t11-/m0/s1. The van der Waals surface area contributed by atoms with E-state index in [4.69, 9.17) is 0 Å². The van der Waals surface area contributed by atoms with Crippen LogP contribution in [-0.2, 0) is 4.79 Å². The molecule has 86 valence electrons. The number of carbonyl (C=O) groups is 1. The molecule has 1 aliphatic heterocycles. The van der Waals surface area contributed by atoms with Gasteiger partial charge in [0.1, 0.15) is 0 Å². The lowest BCUT2D eigenvalue weighted by atomic mass is 9.87. The summed E-state index contributed by atoms with van der Waals surface area (Å²) in [6.45, 7) is 2.00. The molecule has 1 atom stereocenters. The molecule has 1 saturated heterocycles. The molecule has 2 aliphatic rings. The summed E-state index contributed by atoms with van der Waals surface area (Å²) < 4.78 is 0. The molecular weight excluding hydrogens is 188 g/mol. The molecule has 3 heteroatoms. The van der Waals surface area contributed by atoms with Crippen molar-refractivity contribution in [3.05, 3.63) is 0 Å². The third-order valence-electron chi connectivity index (χ3n) is 3.62. The average Bonchev–Trinajstić information content (AvgIpc) is 2.71. The van der Waals surface area contributed by atoms with Crippen LogP contribution in [0.5, 0.6) is 0 Å². The molecule has 1 heterocycles. The summed E-state index contributed by atoms with van der Waals surface area (Å²) in [5.41, 5.74) is 0. The Balaban J connectivity index is 1.66. The first-order chi connectivity index (χ1) is 7.34. The van der Waals surface area contributed by atoms with Gasteiger partial charge in [-0.25, -0.2) is 0 Å². The highest BCUT2D eigenvalue weighted by Crippen LogP contribution is 2.26. The van der Waals surface area contributed by atoms with Crippen LogP contribution in [0.15, 0.2) is 0 Å². The molecule has 0 radical (unpaired) electrons. The van der Waals surface area contributed by atoms with Crippen molar-refractivity contribution in [2.75, 3.05) is 13.1 Å². The number of rotatable bonds is 3. The summed E-state index contributed by atoms with van der Waals surface area (Å²) in [5, 5.41) is 6.39. The lowest BCUT2D eigenvalue weighted by Crippen LogP contribution is -2.37. The molecule has 1 amide bonds. The van der Waals surface area contributed by atoms with Crippen molar-refractivity contribution >= 4 is 5.91 Å². The van der Waals surface area contributed by atoms with E-state index in [1.165, 1.54) is 32.1 Å². The molecule has 1 saturated carbocycles. The Morgan fingerprint density at radius 3 is 2.67 bits per heavy atom. The van der Waals surface area contributed by atoms with Crippen LogP contribution in [-0.4, -0.2) is 25.0 Å². The predicted octanol–water partition coefficient (Wildman–Crippen LogP) is 1.43. The van der Waals surface area contributed by atoms with Crippen molar-refractivity contribution in [1.82, 2.24) is 10.6 Å². The summed E-state index contributed by atoms with van der Waals surface area (Å²) >= 11 is 0. The summed E-state index contributed by atoms with van der Waals surface area (Å²) in [7, 11) is 0. The molecule has 2 rings (SSSR count). The Hall–Kier alpha value is -0.570. The zero-order valence-electron chi connectivity index (χ0n) is 9.43. The number of hydrogen-bond acceptors (Lipinski definition) is 2. The van der Waals surface area contributed by atoms with Gasteiger partial charge in [-0.05, 0) is 31.7 Å². The highest BCUT2D eigenvalue weighted by Gasteiger charge is 2.20. The highest BCUT2D eigenvalue weighted by atomic mass is 16.1. The third-order valence-corrected chi connectivity index (χ3v) is 3.62. The van der Waals surface area contributed by atoms with E-state index in [2.05, 4.69) is 10.6 Å². The van der Waals surface area contributed by atoms with Crippen molar-refractivity contribution < 1.29 is 4.79 Å². The van der Waals surface area contributed by atoms with E-state index in [1.54, 1.807) is 0 Å². The second kappa shape index (κ2) is 5.50. The van der Waals surface area contributed by atoms with Crippen LogP contribution in [0.25, 0.3) is 0 Å². The lowest BCUT2D eigenvalue weighted by molar-refractivity contribution is -0.122. The Bertz CT molecular complexity index is 206. The molecule has 1 aliphatic carbocycles. The van der Waals surface area contributed by atoms with Gasteiger partial charge in [0.2, 0.25) is 5.91 Å². The molecule has 15 heavy (non-hydrogen) atoms. The van der Waals surface area contributed by atoms with Gasteiger partial charge in [-0.3, -0.25) is 4.79 Å². The van der Waals surface area contributed by atoms with Crippen LogP contribution < -0.4 is 10.6 Å². The first-order valence-corrected chi connectivity index (χ1v) is 6.34. The maximum Gasteiger partial charge on any atom is 0.220 e. The monoisotopic (exact) mass is 210 g/mol. The predicted molar refractivity (Wildman–Crippen MR) is 60.6 cm³/mol. The number of amides is 1. The molecule has 0 unspecified atom stereocenters. The van der Waals surface area contributed by atoms with E-state index < -0.39 is 0 Å². The van der Waals surface area contributed by atoms with E-state index in [1.807, 2.05) is 0 Å². The van der Waals surface area contributed by atoms with E-state index >= 15 is 0 Å². The first kappa shape index (κ1) is 10.9. The molecule has 0 aromatic heterocycles. The summed E-state index contributed by atoms with van der Waals surface area (Å²) in [6.07, 6.45) is 8.39. The number of hydrogen-bond donors (Lipinski definition) is 2. The topological polar surface area (TPSA) is 41.1 Å². The first-order valence-electron chi connectivity index (χ1n) is 6.34. The SMILES string of the molecule is O=C(CC1CCCCC1)N[C@H]1CCNC1. The van der Waals surface area contributed by atoms with E-state index in [0.717, 1.165) is 25.9 Å². The Kier molecular flexibility index (Phi) is 4.01. The largest absolute Gasteiger partial charge is 0.352 e. The van der Waals surface area contributed by atoms with Gasteiger partial charge in [-0.15, -0.1) is 0 Å². The minimum Gasteiger partial charge on any atom is -0.352 e. The molecule has 0 bridgehead atoms. The molecule has 2 fully saturated rings. The van der Waals surface area contributed by atoms with Gasteiger partial charge in [0, 0.05) is 19.0 Å². The zero-order chi connectivity index (χ0) is 10.5. The Morgan fingerprint density at radius 2 is 2.00 bits per heavy atom. The minimum absolute atomic E-state index is 0.274. The summed E-state index contributed by atoms with van der Waals surface area (Å²) in [6, 6.07) is 0.390. The van der Waals surface area contributed by atoms with E-state index in [9.17, 15) is 4.79 Å². The smallest absolute Gasteiger partial charge is 0.220 e. The van der Waals surface area contributed by atoms with Gasteiger partial charge in [0.15, 0.2) is 0 Å². The maximum absolute atomic E-state index is 11.7. The van der Waals surface area contributed by atoms with Crippen LogP contribution >= 0.6 is 0 Å². The summed E-state index contributed by atoms with van der Waals surface area (Å²) in [4.78, 5) is 11.7. The highest BCUT2D eigenvalue weighted by molar-refractivity contribution is 5.76. The third kappa shape index (κ3) is 3.49. The van der Waals surface area contributed by atoms with Gasteiger partial charge in [-0.1, -0.05) is 19.3 Å². The van der Waals surface area contributed by atoms with Crippen LogP contribution in [0, 0.1) is 5.92 Å². The summed E-state index contributed by atoms with van der Waals surface area (Å²) in [5.74, 6) is 0.934. The van der Waals surface area contributed by atoms with E-state index in [0.29, 0.717) is 12.0 Å².